The molecule has 4 heteroatoms. The van der Waals surface area contributed by atoms with Gasteiger partial charge in [-0.25, -0.2) is 0 Å². The molecule has 0 heterocycles. The van der Waals surface area contributed by atoms with E-state index in [-0.39, 0.29) is 12.4 Å². The quantitative estimate of drug-likeness (QED) is 0.657. The van der Waals surface area contributed by atoms with E-state index in [1.807, 2.05) is 36.4 Å². The van der Waals surface area contributed by atoms with Crippen molar-refractivity contribution in [1.29, 1.82) is 0 Å². The molecule has 2 rings (SSSR count). The zero-order chi connectivity index (χ0) is 15.9. The lowest BCUT2D eigenvalue weighted by molar-refractivity contribution is -0.146. The Morgan fingerprint density at radius 1 is 1.05 bits per heavy atom. The minimum atomic E-state index is -0.745. The molecule has 22 heavy (non-hydrogen) atoms. The van der Waals surface area contributed by atoms with Gasteiger partial charge in [-0.15, -0.1) is 0 Å². The molecular weight excluding hydrogens is 278 g/mol. The van der Waals surface area contributed by atoms with Gasteiger partial charge < -0.3 is 10.5 Å². The Hall–Kier alpha value is -2.46. The van der Waals surface area contributed by atoms with E-state index in [9.17, 15) is 9.59 Å². The average Bonchev–Trinajstić information content (AvgIpc) is 2.53. The minimum Gasteiger partial charge on any atom is -0.460 e. The molecule has 4 nitrogen and oxygen atoms in total. The molecule has 2 aromatic carbocycles. The topological polar surface area (TPSA) is 69.4 Å². The monoisotopic (exact) mass is 297 g/mol. The smallest absolute Gasteiger partial charge is 0.323 e. The third-order valence-electron chi connectivity index (χ3n) is 3.32. The lowest BCUT2D eigenvalue weighted by atomic mass is 10.0. The fourth-order valence-corrected chi connectivity index (χ4v) is 2.09. The summed E-state index contributed by atoms with van der Waals surface area (Å²) in [6.45, 7) is 1.72. The maximum Gasteiger partial charge on any atom is 0.323 e. The van der Waals surface area contributed by atoms with Gasteiger partial charge in [0.05, 0.1) is 0 Å². The number of hydrogen-bond acceptors (Lipinski definition) is 4. The van der Waals surface area contributed by atoms with E-state index in [2.05, 4.69) is 0 Å². The molecule has 0 bridgehead atoms. The summed E-state index contributed by atoms with van der Waals surface area (Å²) in [6.07, 6.45) is 0.342. The first kappa shape index (κ1) is 15.9. The van der Waals surface area contributed by atoms with E-state index >= 15 is 0 Å². The van der Waals surface area contributed by atoms with Gasteiger partial charge in [-0.3, -0.25) is 9.59 Å². The van der Waals surface area contributed by atoms with Crippen LogP contribution in [0.15, 0.2) is 54.6 Å². The summed E-state index contributed by atoms with van der Waals surface area (Å²) in [6, 6.07) is 15.8. The van der Waals surface area contributed by atoms with Gasteiger partial charge in [-0.2, -0.15) is 0 Å². The highest BCUT2D eigenvalue weighted by atomic mass is 16.5. The van der Waals surface area contributed by atoms with E-state index in [0.29, 0.717) is 12.0 Å². The molecule has 0 unspecified atom stereocenters. The van der Waals surface area contributed by atoms with Gasteiger partial charge in [-0.1, -0.05) is 48.5 Å². The number of carbonyl (C=O) groups is 2. The highest BCUT2D eigenvalue weighted by Crippen LogP contribution is 2.09. The summed E-state index contributed by atoms with van der Waals surface area (Å²) in [5, 5.41) is 0. The number of hydrogen-bond donors (Lipinski definition) is 1. The molecule has 0 amide bonds. The van der Waals surface area contributed by atoms with Crippen molar-refractivity contribution in [1.82, 2.24) is 0 Å². The van der Waals surface area contributed by atoms with E-state index in [4.69, 9.17) is 10.5 Å². The van der Waals surface area contributed by atoms with E-state index in [1.165, 1.54) is 6.92 Å². The maximum absolute atomic E-state index is 11.9. The van der Waals surface area contributed by atoms with E-state index < -0.39 is 12.0 Å². The SMILES string of the molecule is CC(=O)c1cccc(C[C@H](N)C(=O)OCc2ccccc2)c1. The summed E-state index contributed by atoms with van der Waals surface area (Å²) in [5.41, 5.74) is 8.26. The van der Waals surface area contributed by atoms with Crippen LogP contribution in [0.2, 0.25) is 0 Å². The van der Waals surface area contributed by atoms with Gasteiger partial charge in [0.1, 0.15) is 12.6 Å². The summed E-state index contributed by atoms with van der Waals surface area (Å²) in [7, 11) is 0. The largest absolute Gasteiger partial charge is 0.460 e. The van der Waals surface area contributed by atoms with Gasteiger partial charge in [-0.05, 0) is 30.5 Å². The van der Waals surface area contributed by atoms with Crippen LogP contribution in [-0.4, -0.2) is 17.8 Å². The molecule has 0 aliphatic heterocycles. The van der Waals surface area contributed by atoms with Crippen molar-refractivity contribution in [2.24, 2.45) is 5.73 Å². The normalized spacial score (nSPS) is 11.7. The van der Waals surface area contributed by atoms with Crippen molar-refractivity contribution >= 4 is 11.8 Å². The predicted octanol–water partition coefficient (Wildman–Crippen LogP) is 2.50. The first-order valence-electron chi connectivity index (χ1n) is 7.12. The van der Waals surface area contributed by atoms with Crippen LogP contribution in [0.5, 0.6) is 0 Å². The minimum absolute atomic E-state index is 0.0120. The molecule has 0 spiro atoms. The zero-order valence-electron chi connectivity index (χ0n) is 12.5. The Morgan fingerprint density at radius 3 is 2.41 bits per heavy atom. The molecule has 0 saturated heterocycles. The first-order chi connectivity index (χ1) is 10.6. The summed E-state index contributed by atoms with van der Waals surface area (Å²) in [4.78, 5) is 23.3. The van der Waals surface area contributed by atoms with Crippen LogP contribution in [0.25, 0.3) is 0 Å². The van der Waals surface area contributed by atoms with E-state index in [0.717, 1.165) is 11.1 Å². The van der Waals surface area contributed by atoms with Crippen LogP contribution in [0, 0.1) is 0 Å². The fraction of sp³-hybridized carbons (Fsp3) is 0.222. The van der Waals surface area contributed by atoms with Gasteiger partial charge in [0.15, 0.2) is 5.78 Å². The van der Waals surface area contributed by atoms with Crippen LogP contribution in [-0.2, 0) is 22.6 Å². The number of esters is 1. The molecule has 0 fully saturated rings. The van der Waals surface area contributed by atoms with Crippen molar-refractivity contribution in [2.45, 2.75) is 26.0 Å². The number of carbonyl (C=O) groups excluding carboxylic acids is 2. The Balaban J connectivity index is 1.91. The average molecular weight is 297 g/mol. The number of nitrogens with two attached hydrogens (primary N) is 1. The number of ketones is 1. The maximum atomic E-state index is 11.9. The van der Waals surface area contributed by atoms with Crippen LogP contribution in [0.4, 0.5) is 0 Å². The van der Waals surface area contributed by atoms with Crippen LogP contribution >= 0.6 is 0 Å². The van der Waals surface area contributed by atoms with Crippen molar-refractivity contribution in [3.8, 4) is 0 Å². The lowest BCUT2D eigenvalue weighted by Gasteiger charge is -2.12. The molecule has 0 aromatic heterocycles. The Labute approximate surface area is 129 Å². The standard InChI is InChI=1S/C18H19NO3/c1-13(20)16-9-5-8-15(10-16)11-17(19)18(21)22-12-14-6-3-2-4-7-14/h2-10,17H,11-12,19H2,1H3/t17-/m0/s1. The molecule has 0 radical (unpaired) electrons. The fourth-order valence-electron chi connectivity index (χ4n) is 2.09. The molecule has 2 N–H and O–H groups in total. The van der Waals surface area contributed by atoms with Crippen molar-refractivity contribution in [2.75, 3.05) is 0 Å². The van der Waals surface area contributed by atoms with Gasteiger partial charge in [0, 0.05) is 5.56 Å². The predicted molar refractivity (Wildman–Crippen MR) is 84.4 cm³/mol. The second-order valence-electron chi connectivity index (χ2n) is 5.16. The van der Waals surface area contributed by atoms with Crippen molar-refractivity contribution < 1.29 is 14.3 Å². The summed E-state index contributed by atoms with van der Waals surface area (Å²) in [5.74, 6) is -0.459. The Morgan fingerprint density at radius 2 is 1.73 bits per heavy atom. The second kappa shape index (κ2) is 7.52. The van der Waals surface area contributed by atoms with Crippen LogP contribution in [0.3, 0.4) is 0 Å². The molecule has 0 saturated carbocycles. The van der Waals surface area contributed by atoms with Gasteiger partial charge >= 0.3 is 5.97 Å². The number of Topliss-reactive ketones (excluding diaryl/α,β-unsaturated/α-hetero) is 1. The third-order valence-corrected chi connectivity index (χ3v) is 3.32. The lowest BCUT2D eigenvalue weighted by Crippen LogP contribution is -2.34. The third kappa shape index (κ3) is 4.53. The Kier molecular flexibility index (Phi) is 5.44. The molecule has 0 aliphatic carbocycles. The van der Waals surface area contributed by atoms with Gasteiger partial charge in [0.25, 0.3) is 0 Å². The number of rotatable bonds is 6. The number of ether oxygens (including phenoxy) is 1. The zero-order valence-corrected chi connectivity index (χ0v) is 12.5. The molecule has 2 aromatic rings. The van der Waals surface area contributed by atoms with Crippen molar-refractivity contribution in [3.63, 3.8) is 0 Å². The van der Waals surface area contributed by atoms with Crippen LogP contribution in [0.1, 0.15) is 28.4 Å². The van der Waals surface area contributed by atoms with Crippen LogP contribution < -0.4 is 5.73 Å². The highest BCUT2D eigenvalue weighted by Gasteiger charge is 2.16. The molecule has 0 aliphatic rings. The second-order valence-corrected chi connectivity index (χ2v) is 5.16. The van der Waals surface area contributed by atoms with Crippen molar-refractivity contribution in [3.05, 3.63) is 71.3 Å². The van der Waals surface area contributed by atoms with E-state index in [1.54, 1.807) is 18.2 Å². The Bertz CT molecular complexity index is 652. The molecule has 114 valence electrons. The molecular formula is C18H19NO3. The van der Waals surface area contributed by atoms with Gasteiger partial charge in [0.2, 0.25) is 0 Å². The molecule has 1 atom stereocenters. The first-order valence-corrected chi connectivity index (χ1v) is 7.12. The summed E-state index contributed by atoms with van der Waals surface area (Å²) < 4.78 is 5.21. The highest BCUT2D eigenvalue weighted by molar-refractivity contribution is 5.94. The number of benzene rings is 2. The summed E-state index contributed by atoms with van der Waals surface area (Å²) >= 11 is 0.